The van der Waals surface area contributed by atoms with Gasteiger partial charge in [-0.15, -0.1) is 0 Å². The van der Waals surface area contributed by atoms with Crippen molar-refractivity contribution in [2.75, 3.05) is 13.1 Å². The Morgan fingerprint density at radius 2 is 2.00 bits per heavy atom. The molecule has 0 aromatic carbocycles. The number of nitrogens with one attached hydrogen (secondary N) is 1. The quantitative estimate of drug-likeness (QED) is 0.395. The second-order valence-electron chi connectivity index (χ2n) is 4.43. The van der Waals surface area contributed by atoms with Gasteiger partial charge in [-0.25, -0.2) is 0 Å². The van der Waals surface area contributed by atoms with Crippen LogP contribution in [-0.4, -0.2) is 30.9 Å². The van der Waals surface area contributed by atoms with Crippen LogP contribution in [0, 0.1) is 0 Å². The highest BCUT2D eigenvalue weighted by Crippen LogP contribution is 2.06. The van der Waals surface area contributed by atoms with E-state index in [1.54, 1.807) is 0 Å². The van der Waals surface area contributed by atoms with E-state index in [0.29, 0.717) is 6.42 Å². The maximum atomic E-state index is 11.2. The summed E-state index contributed by atoms with van der Waals surface area (Å²) in [6.07, 6.45) is 3.27. The van der Waals surface area contributed by atoms with Gasteiger partial charge in [-0.1, -0.05) is 0 Å². The van der Waals surface area contributed by atoms with Gasteiger partial charge in [0.15, 0.2) is 0 Å². The lowest BCUT2D eigenvalue weighted by molar-refractivity contribution is -0.153. The summed E-state index contributed by atoms with van der Waals surface area (Å²) < 4.78 is 5.11. The first-order chi connectivity index (χ1) is 6.95. The zero-order chi connectivity index (χ0) is 11.7. The molecule has 4 nitrogen and oxygen atoms in total. The Hall–Kier alpha value is -0.900. The Morgan fingerprint density at radius 1 is 1.33 bits per heavy atom. The number of hydrogen-bond donors (Lipinski definition) is 1. The third-order valence-electron chi connectivity index (χ3n) is 1.61. The van der Waals surface area contributed by atoms with E-state index >= 15 is 0 Å². The summed E-state index contributed by atoms with van der Waals surface area (Å²) in [5.41, 5.74) is -0.420. The summed E-state index contributed by atoms with van der Waals surface area (Å²) in [6.45, 7) is 6.50. The van der Waals surface area contributed by atoms with E-state index in [1.165, 1.54) is 0 Å². The fourth-order valence-corrected chi connectivity index (χ4v) is 1.05. The van der Waals surface area contributed by atoms with E-state index < -0.39 is 5.60 Å². The molecule has 0 saturated heterocycles. The molecule has 1 N–H and O–H groups in total. The molecule has 0 fully saturated rings. The number of carbonyl (C=O) groups excluding carboxylic acids is 2. The van der Waals surface area contributed by atoms with Gasteiger partial charge in [0.05, 0.1) is 6.54 Å². The van der Waals surface area contributed by atoms with Crippen molar-refractivity contribution in [2.24, 2.45) is 0 Å². The van der Waals surface area contributed by atoms with E-state index in [4.69, 9.17) is 4.74 Å². The van der Waals surface area contributed by atoms with Gasteiger partial charge in [0, 0.05) is 6.42 Å². The van der Waals surface area contributed by atoms with E-state index in [2.05, 4.69) is 5.32 Å². The minimum Gasteiger partial charge on any atom is -0.459 e. The van der Waals surface area contributed by atoms with Gasteiger partial charge in [-0.2, -0.15) is 0 Å². The molecule has 4 heteroatoms. The molecule has 0 amide bonds. The van der Waals surface area contributed by atoms with Crippen molar-refractivity contribution in [3.05, 3.63) is 0 Å². The zero-order valence-corrected chi connectivity index (χ0v) is 9.84. The smallest absolute Gasteiger partial charge is 0.320 e. The predicted molar refractivity (Wildman–Crippen MR) is 58.6 cm³/mol. The lowest BCUT2D eigenvalue weighted by Crippen LogP contribution is -2.31. The molecule has 0 bridgehead atoms. The van der Waals surface area contributed by atoms with Crippen LogP contribution in [0.25, 0.3) is 0 Å². The molecule has 0 unspecified atom stereocenters. The van der Waals surface area contributed by atoms with E-state index in [0.717, 1.165) is 25.7 Å². The fraction of sp³-hybridized carbons (Fsp3) is 0.818. The molecule has 0 radical (unpaired) electrons. The molecule has 0 aliphatic heterocycles. The van der Waals surface area contributed by atoms with Crippen molar-refractivity contribution in [2.45, 2.75) is 45.6 Å². The molecule has 0 rings (SSSR count). The predicted octanol–water partition coefficient (Wildman–Crippen LogP) is 1.29. The Balaban J connectivity index is 3.36. The highest BCUT2D eigenvalue weighted by Gasteiger charge is 2.15. The highest BCUT2D eigenvalue weighted by molar-refractivity contribution is 5.72. The second-order valence-corrected chi connectivity index (χ2v) is 4.43. The van der Waals surface area contributed by atoms with Gasteiger partial charge >= 0.3 is 5.97 Å². The third kappa shape index (κ3) is 11.0. The summed E-state index contributed by atoms with van der Waals surface area (Å²) in [5, 5.41) is 2.98. The first-order valence-corrected chi connectivity index (χ1v) is 5.32. The van der Waals surface area contributed by atoms with Crippen LogP contribution in [0.1, 0.15) is 40.0 Å². The van der Waals surface area contributed by atoms with E-state index in [-0.39, 0.29) is 12.5 Å². The molecule has 0 aliphatic rings. The Kier molecular flexibility index (Phi) is 6.96. The van der Waals surface area contributed by atoms with E-state index in [1.807, 2.05) is 20.8 Å². The van der Waals surface area contributed by atoms with Gasteiger partial charge in [-0.05, 0) is 40.2 Å². The van der Waals surface area contributed by atoms with Crippen molar-refractivity contribution in [3.63, 3.8) is 0 Å². The van der Waals surface area contributed by atoms with Gasteiger partial charge in [0.2, 0.25) is 0 Å². The molecule has 0 atom stereocenters. The summed E-state index contributed by atoms with van der Waals surface area (Å²) in [6, 6.07) is 0. The summed E-state index contributed by atoms with van der Waals surface area (Å²) in [4.78, 5) is 21.2. The topological polar surface area (TPSA) is 55.4 Å². The molecule has 0 heterocycles. The number of hydrogen-bond acceptors (Lipinski definition) is 4. The number of aldehydes is 1. The first-order valence-electron chi connectivity index (χ1n) is 5.32. The maximum absolute atomic E-state index is 11.2. The average molecular weight is 215 g/mol. The minimum absolute atomic E-state index is 0.234. The van der Waals surface area contributed by atoms with Gasteiger partial charge in [-0.3, -0.25) is 4.79 Å². The minimum atomic E-state index is -0.420. The van der Waals surface area contributed by atoms with Crippen molar-refractivity contribution in [1.82, 2.24) is 5.32 Å². The number of unbranched alkanes of at least 4 members (excludes halogenated alkanes) is 2. The van der Waals surface area contributed by atoms with Crippen molar-refractivity contribution in [3.8, 4) is 0 Å². The van der Waals surface area contributed by atoms with Gasteiger partial charge in [0.25, 0.3) is 0 Å². The normalized spacial score (nSPS) is 11.1. The van der Waals surface area contributed by atoms with Crippen LogP contribution in [-0.2, 0) is 14.3 Å². The average Bonchev–Trinajstić information content (AvgIpc) is 2.08. The zero-order valence-electron chi connectivity index (χ0n) is 9.84. The summed E-state index contributed by atoms with van der Waals surface area (Å²) in [5.74, 6) is -0.238. The van der Waals surface area contributed by atoms with Gasteiger partial charge in [0.1, 0.15) is 11.9 Å². The Morgan fingerprint density at radius 3 is 2.53 bits per heavy atom. The van der Waals surface area contributed by atoms with E-state index in [9.17, 15) is 9.59 Å². The number of rotatable bonds is 7. The third-order valence-corrected chi connectivity index (χ3v) is 1.61. The van der Waals surface area contributed by atoms with Crippen molar-refractivity contribution in [1.29, 1.82) is 0 Å². The highest BCUT2D eigenvalue weighted by atomic mass is 16.6. The molecule has 15 heavy (non-hydrogen) atoms. The van der Waals surface area contributed by atoms with Crippen LogP contribution in [0.2, 0.25) is 0 Å². The van der Waals surface area contributed by atoms with Crippen LogP contribution in [0.4, 0.5) is 0 Å². The Labute approximate surface area is 91.4 Å². The second kappa shape index (κ2) is 7.40. The number of carbonyl (C=O) groups is 2. The molecule has 0 aliphatic carbocycles. The molecule has 0 saturated carbocycles. The van der Waals surface area contributed by atoms with Crippen LogP contribution in [0.3, 0.4) is 0 Å². The number of ether oxygens (including phenoxy) is 1. The van der Waals surface area contributed by atoms with Crippen molar-refractivity contribution >= 4 is 12.3 Å². The lowest BCUT2D eigenvalue weighted by atomic mass is 10.2. The summed E-state index contributed by atoms with van der Waals surface area (Å²) >= 11 is 0. The molecule has 0 aromatic rings. The molecule has 0 spiro atoms. The van der Waals surface area contributed by atoms with Crippen LogP contribution < -0.4 is 5.32 Å². The SMILES string of the molecule is CC(C)(C)OC(=O)CNCCCCC=O. The first kappa shape index (κ1) is 14.1. The molecule has 0 aromatic heterocycles. The summed E-state index contributed by atoms with van der Waals surface area (Å²) in [7, 11) is 0. The maximum Gasteiger partial charge on any atom is 0.320 e. The fourth-order valence-electron chi connectivity index (χ4n) is 1.05. The lowest BCUT2D eigenvalue weighted by Gasteiger charge is -2.19. The molecular formula is C11H21NO3. The van der Waals surface area contributed by atoms with Gasteiger partial charge < -0.3 is 14.8 Å². The van der Waals surface area contributed by atoms with Crippen molar-refractivity contribution < 1.29 is 14.3 Å². The monoisotopic (exact) mass is 215 g/mol. The standard InChI is InChI=1S/C11H21NO3/c1-11(2,3)15-10(14)9-12-7-5-4-6-8-13/h8,12H,4-7,9H2,1-3H3. The largest absolute Gasteiger partial charge is 0.459 e. The van der Waals surface area contributed by atoms with Crippen LogP contribution in [0.5, 0.6) is 0 Å². The van der Waals surface area contributed by atoms with Crippen LogP contribution in [0.15, 0.2) is 0 Å². The molecular weight excluding hydrogens is 194 g/mol. The molecule has 88 valence electrons. The number of esters is 1. The Bertz CT molecular complexity index is 196. The van der Waals surface area contributed by atoms with Crippen LogP contribution >= 0.6 is 0 Å².